The highest BCUT2D eigenvalue weighted by atomic mass is 16.5. The summed E-state index contributed by atoms with van der Waals surface area (Å²) in [6, 6.07) is 20.7. The molecule has 1 unspecified atom stereocenters. The second-order valence-electron chi connectivity index (χ2n) is 8.06. The monoisotopic (exact) mass is 473 g/mol. The first kappa shape index (κ1) is 23.9. The molecular weight excluding hydrogens is 446 g/mol. The molecule has 1 saturated heterocycles. The van der Waals surface area contributed by atoms with E-state index in [4.69, 9.17) is 14.2 Å². The highest BCUT2D eigenvalue weighted by Gasteiger charge is 2.46. The summed E-state index contributed by atoms with van der Waals surface area (Å²) in [5, 5.41) is 11.2. The molecule has 1 aliphatic heterocycles. The van der Waals surface area contributed by atoms with Gasteiger partial charge < -0.3 is 24.2 Å². The molecule has 4 rings (SSSR count). The molecule has 7 nitrogen and oxygen atoms in total. The van der Waals surface area contributed by atoms with E-state index >= 15 is 0 Å². The molecule has 3 aromatic carbocycles. The first-order valence-electron chi connectivity index (χ1n) is 11.2. The zero-order chi connectivity index (χ0) is 24.9. The fourth-order valence-electron chi connectivity index (χ4n) is 4.28. The number of aliphatic hydroxyl groups is 1. The van der Waals surface area contributed by atoms with Gasteiger partial charge in [-0.1, -0.05) is 30.3 Å². The van der Waals surface area contributed by atoms with Crippen molar-refractivity contribution in [3.8, 4) is 17.2 Å². The van der Waals surface area contributed by atoms with E-state index in [1.165, 1.54) is 12.0 Å². The maximum absolute atomic E-state index is 13.3. The van der Waals surface area contributed by atoms with Gasteiger partial charge in [0.2, 0.25) is 0 Å². The molecule has 180 valence electrons. The standard InChI is InChI=1S/C28H27NO6/c1-33-20-11-9-19(10-12-20)26(30)24-25(22-14-13-21(34-2)17-23(22)35-3)29(28(32)27(24)31)16-15-18-7-5-4-6-8-18/h4-14,17,25,30H,15-16H2,1-3H3. The number of ketones is 1. The van der Waals surface area contributed by atoms with E-state index in [-0.39, 0.29) is 17.9 Å². The Morgan fingerprint density at radius 3 is 2.14 bits per heavy atom. The lowest BCUT2D eigenvalue weighted by Gasteiger charge is -2.27. The molecule has 7 heteroatoms. The second-order valence-corrected chi connectivity index (χ2v) is 8.06. The smallest absolute Gasteiger partial charge is 0.295 e. The SMILES string of the molecule is COc1ccc(C(O)=C2C(=O)C(=O)N(CCc3ccccc3)C2c2ccc(OC)cc2OC)cc1. The van der Waals surface area contributed by atoms with E-state index in [0.717, 1.165) is 5.56 Å². The quantitative estimate of drug-likeness (QED) is 0.297. The third-order valence-electron chi connectivity index (χ3n) is 6.12. The Hall–Kier alpha value is -4.26. The number of carbonyl (C=O) groups excluding carboxylic acids is 2. The van der Waals surface area contributed by atoms with Crippen molar-refractivity contribution >= 4 is 17.4 Å². The molecule has 0 saturated carbocycles. The van der Waals surface area contributed by atoms with Gasteiger partial charge in [0.25, 0.3) is 11.7 Å². The Balaban J connectivity index is 1.83. The number of ether oxygens (including phenoxy) is 3. The molecule has 0 aromatic heterocycles. The van der Waals surface area contributed by atoms with Gasteiger partial charge >= 0.3 is 0 Å². The van der Waals surface area contributed by atoms with Crippen LogP contribution in [0.5, 0.6) is 17.2 Å². The largest absolute Gasteiger partial charge is 0.507 e. The summed E-state index contributed by atoms with van der Waals surface area (Å²) >= 11 is 0. The number of aliphatic hydroxyl groups excluding tert-OH is 1. The van der Waals surface area contributed by atoms with Gasteiger partial charge in [0.1, 0.15) is 23.0 Å². The summed E-state index contributed by atoms with van der Waals surface area (Å²) in [5.41, 5.74) is 2.03. The highest BCUT2D eigenvalue weighted by molar-refractivity contribution is 6.46. The van der Waals surface area contributed by atoms with Crippen LogP contribution in [0.3, 0.4) is 0 Å². The van der Waals surface area contributed by atoms with Gasteiger partial charge in [0.05, 0.1) is 32.9 Å². The summed E-state index contributed by atoms with van der Waals surface area (Å²) in [6.07, 6.45) is 0.547. The van der Waals surface area contributed by atoms with Crippen LogP contribution in [0.2, 0.25) is 0 Å². The number of hydrogen-bond donors (Lipinski definition) is 1. The van der Waals surface area contributed by atoms with Crippen LogP contribution < -0.4 is 14.2 Å². The normalized spacial score (nSPS) is 16.9. The van der Waals surface area contributed by atoms with Gasteiger partial charge in [-0.15, -0.1) is 0 Å². The van der Waals surface area contributed by atoms with Crippen LogP contribution in [-0.2, 0) is 16.0 Å². The molecule has 0 radical (unpaired) electrons. The number of benzene rings is 3. The van der Waals surface area contributed by atoms with Crippen molar-refractivity contribution in [3.63, 3.8) is 0 Å². The first-order valence-corrected chi connectivity index (χ1v) is 11.2. The van der Waals surface area contributed by atoms with Crippen molar-refractivity contribution in [2.75, 3.05) is 27.9 Å². The van der Waals surface area contributed by atoms with Crippen LogP contribution in [0, 0.1) is 0 Å². The predicted octanol–water partition coefficient (Wildman–Crippen LogP) is 4.38. The number of carbonyl (C=O) groups is 2. The summed E-state index contributed by atoms with van der Waals surface area (Å²) in [4.78, 5) is 28.0. The summed E-state index contributed by atoms with van der Waals surface area (Å²) in [7, 11) is 4.60. The highest BCUT2D eigenvalue weighted by Crippen LogP contribution is 2.43. The van der Waals surface area contributed by atoms with Gasteiger partial charge in [-0.25, -0.2) is 0 Å². The molecule has 0 spiro atoms. The van der Waals surface area contributed by atoms with Crippen LogP contribution in [-0.4, -0.2) is 49.6 Å². The Kier molecular flexibility index (Phi) is 7.06. The number of likely N-dealkylation sites (tertiary alicyclic amines) is 1. The molecule has 0 bridgehead atoms. The van der Waals surface area contributed by atoms with Gasteiger partial charge in [-0.05, 0) is 48.4 Å². The first-order chi connectivity index (χ1) is 17.0. The number of rotatable bonds is 8. The Labute approximate surface area is 204 Å². The van der Waals surface area contributed by atoms with Crippen molar-refractivity contribution in [1.29, 1.82) is 0 Å². The van der Waals surface area contributed by atoms with Crippen molar-refractivity contribution in [1.82, 2.24) is 4.90 Å². The Morgan fingerprint density at radius 1 is 0.857 bits per heavy atom. The Bertz CT molecular complexity index is 1250. The minimum atomic E-state index is -0.832. The molecule has 1 fully saturated rings. The van der Waals surface area contributed by atoms with Gasteiger partial charge in [-0.2, -0.15) is 0 Å². The van der Waals surface area contributed by atoms with Crippen LogP contribution in [0.15, 0.2) is 78.4 Å². The third kappa shape index (κ3) is 4.71. The van der Waals surface area contributed by atoms with Gasteiger partial charge in [-0.3, -0.25) is 9.59 Å². The van der Waals surface area contributed by atoms with E-state index in [1.54, 1.807) is 56.7 Å². The lowest BCUT2D eigenvalue weighted by molar-refractivity contribution is -0.139. The van der Waals surface area contributed by atoms with Crippen LogP contribution in [0.4, 0.5) is 0 Å². The number of hydrogen-bond acceptors (Lipinski definition) is 6. The van der Waals surface area contributed by atoms with Crippen molar-refractivity contribution in [3.05, 3.63) is 95.1 Å². The van der Waals surface area contributed by atoms with Crippen molar-refractivity contribution in [2.45, 2.75) is 12.5 Å². The molecule has 1 heterocycles. The number of amides is 1. The summed E-state index contributed by atoms with van der Waals surface area (Å²) in [5.74, 6) is -0.0361. The van der Waals surface area contributed by atoms with E-state index in [9.17, 15) is 14.7 Å². The van der Waals surface area contributed by atoms with Crippen LogP contribution in [0.25, 0.3) is 5.76 Å². The molecule has 1 amide bonds. The summed E-state index contributed by atoms with van der Waals surface area (Å²) in [6.45, 7) is 0.286. The van der Waals surface area contributed by atoms with Crippen molar-refractivity contribution < 1.29 is 28.9 Å². The Morgan fingerprint density at radius 2 is 1.51 bits per heavy atom. The third-order valence-corrected chi connectivity index (χ3v) is 6.12. The van der Waals surface area contributed by atoms with Gasteiger partial charge in [0.15, 0.2) is 0 Å². The maximum Gasteiger partial charge on any atom is 0.295 e. The molecular formula is C28H27NO6. The number of methoxy groups -OCH3 is 3. The van der Waals surface area contributed by atoms with E-state index < -0.39 is 17.7 Å². The fourth-order valence-corrected chi connectivity index (χ4v) is 4.28. The molecule has 1 aliphatic rings. The molecule has 35 heavy (non-hydrogen) atoms. The predicted molar refractivity (Wildman–Crippen MR) is 132 cm³/mol. The topological polar surface area (TPSA) is 85.3 Å². The number of nitrogens with zero attached hydrogens (tertiary/aromatic N) is 1. The van der Waals surface area contributed by atoms with E-state index in [1.807, 2.05) is 30.3 Å². The average Bonchev–Trinajstić information content (AvgIpc) is 3.16. The minimum absolute atomic E-state index is 0.0108. The molecule has 3 aromatic rings. The van der Waals surface area contributed by atoms with Crippen molar-refractivity contribution in [2.24, 2.45) is 0 Å². The van der Waals surface area contributed by atoms with Crippen LogP contribution >= 0.6 is 0 Å². The number of Topliss-reactive ketones (excluding diaryl/α,β-unsaturated/α-hetero) is 1. The molecule has 1 N–H and O–H groups in total. The lowest BCUT2D eigenvalue weighted by atomic mass is 9.94. The van der Waals surface area contributed by atoms with Crippen LogP contribution in [0.1, 0.15) is 22.7 Å². The zero-order valence-corrected chi connectivity index (χ0v) is 19.9. The molecule has 0 aliphatic carbocycles. The van der Waals surface area contributed by atoms with E-state index in [0.29, 0.717) is 34.8 Å². The summed E-state index contributed by atoms with van der Waals surface area (Å²) < 4.78 is 16.1. The van der Waals surface area contributed by atoms with E-state index in [2.05, 4.69) is 0 Å². The minimum Gasteiger partial charge on any atom is -0.507 e. The lowest BCUT2D eigenvalue weighted by Crippen LogP contribution is -2.31. The van der Waals surface area contributed by atoms with Gasteiger partial charge in [0, 0.05) is 23.7 Å². The molecule has 1 atom stereocenters. The maximum atomic E-state index is 13.3. The zero-order valence-electron chi connectivity index (χ0n) is 19.9. The fraction of sp³-hybridized carbons (Fsp3) is 0.214. The second kappa shape index (κ2) is 10.3. The average molecular weight is 474 g/mol.